The van der Waals surface area contributed by atoms with E-state index in [9.17, 15) is 19.5 Å². The van der Waals surface area contributed by atoms with E-state index in [-0.39, 0.29) is 24.3 Å². The van der Waals surface area contributed by atoms with Crippen LogP contribution in [-0.2, 0) is 9.59 Å². The average Bonchev–Trinajstić information content (AvgIpc) is 3.46. The lowest BCUT2D eigenvalue weighted by Crippen LogP contribution is -2.44. The molecule has 3 N–H and O–H groups in total. The average molecular weight is 344 g/mol. The SMILES string of the molecule is O=C(NCC1(C(=O)O)CCCCC1)c1cccc(NC(=O)C2CC2)c1. The van der Waals surface area contributed by atoms with Crippen molar-refractivity contribution in [1.29, 1.82) is 0 Å². The molecule has 2 saturated carbocycles. The van der Waals surface area contributed by atoms with Gasteiger partial charge in [0.15, 0.2) is 0 Å². The number of benzene rings is 1. The summed E-state index contributed by atoms with van der Waals surface area (Å²) >= 11 is 0. The van der Waals surface area contributed by atoms with E-state index >= 15 is 0 Å². The molecule has 0 aromatic heterocycles. The van der Waals surface area contributed by atoms with Gasteiger partial charge in [-0.3, -0.25) is 14.4 Å². The molecule has 1 aromatic rings. The van der Waals surface area contributed by atoms with E-state index in [0.717, 1.165) is 32.1 Å². The first kappa shape index (κ1) is 17.5. The molecule has 0 spiro atoms. The van der Waals surface area contributed by atoms with Crippen LogP contribution in [0.3, 0.4) is 0 Å². The van der Waals surface area contributed by atoms with Crippen LogP contribution in [0, 0.1) is 11.3 Å². The first-order valence-corrected chi connectivity index (χ1v) is 8.93. The topological polar surface area (TPSA) is 95.5 Å². The molecular weight excluding hydrogens is 320 g/mol. The molecule has 0 heterocycles. The predicted molar refractivity (Wildman–Crippen MR) is 93.3 cm³/mol. The van der Waals surface area contributed by atoms with Crippen LogP contribution >= 0.6 is 0 Å². The van der Waals surface area contributed by atoms with Crippen molar-refractivity contribution in [2.75, 3.05) is 11.9 Å². The highest BCUT2D eigenvalue weighted by molar-refractivity contribution is 5.98. The Bertz CT molecular complexity index is 676. The second-order valence-corrected chi connectivity index (χ2v) is 7.17. The molecule has 6 heteroatoms. The molecule has 0 radical (unpaired) electrons. The van der Waals surface area contributed by atoms with Gasteiger partial charge in [0.25, 0.3) is 5.91 Å². The largest absolute Gasteiger partial charge is 0.481 e. The Labute approximate surface area is 147 Å². The Balaban J connectivity index is 1.62. The van der Waals surface area contributed by atoms with Crippen molar-refractivity contribution in [2.45, 2.75) is 44.9 Å². The molecule has 0 bridgehead atoms. The van der Waals surface area contributed by atoms with Gasteiger partial charge in [-0.25, -0.2) is 0 Å². The molecule has 134 valence electrons. The highest BCUT2D eigenvalue weighted by Crippen LogP contribution is 2.36. The number of rotatable bonds is 6. The molecule has 1 aromatic carbocycles. The van der Waals surface area contributed by atoms with Crippen LogP contribution < -0.4 is 10.6 Å². The van der Waals surface area contributed by atoms with Crippen LogP contribution in [0.4, 0.5) is 5.69 Å². The summed E-state index contributed by atoms with van der Waals surface area (Å²) in [6.07, 6.45) is 5.84. The van der Waals surface area contributed by atoms with Crippen molar-refractivity contribution in [2.24, 2.45) is 11.3 Å². The maximum Gasteiger partial charge on any atom is 0.311 e. The molecule has 0 unspecified atom stereocenters. The fourth-order valence-corrected chi connectivity index (χ4v) is 3.37. The molecule has 6 nitrogen and oxygen atoms in total. The van der Waals surface area contributed by atoms with Crippen LogP contribution in [0.25, 0.3) is 0 Å². The van der Waals surface area contributed by atoms with Gasteiger partial charge >= 0.3 is 5.97 Å². The standard InChI is InChI=1S/C19H24N2O4/c22-16(20-12-19(18(24)25)9-2-1-3-10-19)14-5-4-6-15(11-14)21-17(23)13-7-8-13/h4-6,11,13H,1-3,7-10,12H2,(H,20,22)(H,21,23)(H,24,25). The van der Waals surface area contributed by atoms with Gasteiger partial charge in [-0.15, -0.1) is 0 Å². The van der Waals surface area contributed by atoms with Crippen molar-refractivity contribution in [3.8, 4) is 0 Å². The lowest BCUT2D eigenvalue weighted by molar-refractivity contribution is -0.150. The minimum Gasteiger partial charge on any atom is -0.481 e. The molecule has 2 aliphatic carbocycles. The van der Waals surface area contributed by atoms with Gasteiger partial charge in [-0.1, -0.05) is 25.3 Å². The van der Waals surface area contributed by atoms with Gasteiger partial charge in [0.2, 0.25) is 5.91 Å². The Morgan fingerprint density at radius 2 is 1.84 bits per heavy atom. The molecular formula is C19H24N2O4. The molecule has 25 heavy (non-hydrogen) atoms. The number of carbonyl (C=O) groups excluding carboxylic acids is 2. The van der Waals surface area contributed by atoms with Crippen molar-refractivity contribution in [3.63, 3.8) is 0 Å². The number of amides is 2. The molecule has 0 saturated heterocycles. The first-order valence-electron chi connectivity index (χ1n) is 8.93. The zero-order valence-corrected chi connectivity index (χ0v) is 14.2. The van der Waals surface area contributed by atoms with E-state index in [2.05, 4.69) is 10.6 Å². The van der Waals surface area contributed by atoms with Crippen molar-refractivity contribution >= 4 is 23.5 Å². The van der Waals surface area contributed by atoms with Gasteiger partial charge in [0.1, 0.15) is 0 Å². The Morgan fingerprint density at radius 1 is 1.12 bits per heavy atom. The van der Waals surface area contributed by atoms with Crippen molar-refractivity contribution in [3.05, 3.63) is 29.8 Å². The summed E-state index contributed by atoms with van der Waals surface area (Å²) in [6, 6.07) is 6.75. The van der Waals surface area contributed by atoms with E-state index in [0.29, 0.717) is 24.1 Å². The van der Waals surface area contributed by atoms with Crippen LogP contribution in [0.5, 0.6) is 0 Å². The van der Waals surface area contributed by atoms with E-state index in [1.165, 1.54) is 0 Å². The fourth-order valence-electron chi connectivity index (χ4n) is 3.37. The van der Waals surface area contributed by atoms with Gasteiger partial charge in [0.05, 0.1) is 5.41 Å². The smallest absolute Gasteiger partial charge is 0.311 e. The van der Waals surface area contributed by atoms with Crippen LogP contribution in [0.1, 0.15) is 55.3 Å². The summed E-state index contributed by atoms with van der Waals surface area (Å²) in [6.45, 7) is 0.139. The third-order valence-corrected chi connectivity index (χ3v) is 5.19. The molecule has 0 aliphatic heterocycles. The zero-order valence-electron chi connectivity index (χ0n) is 14.2. The van der Waals surface area contributed by atoms with Crippen molar-refractivity contribution in [1.82, 2.24) is 5.32 Å². The van der Waals surface area contributed by atoms with Crippen molar-refractivity contribution < 1.29 is 19.5 Å². The maximum atomic E-state index is 12.4. The zero-order chi connectivity index (χ0) is 17.9. The molecule has 2 aliphatic rings. The highest BCUT2D eigenvalue weighted by atomic mass is 16.4. The summed E-state index contributed by atoms with van der Waals surface area (Å²) in [5.74, 6) is -1.06. The Hall–Kier alpha value is -2.37. The van der Waals surface area contributed by atoms with Gasteiger partial charge < -0.3 is 15.7 Å². The van der Waals surface area contributed by atoms with Gasteiger partial charge in [-0.05, 0) is 43.9 Å². The second kappa shape index (κ2) is 7.25. The quantitative estimate of drug-likeness (QED) is 0.739. The third kappa shape index (κ3) is 4.18. The fraction of sp³-hybridized carbons (Fsp3) is 0.526. The molecule has 3 rings (SSSR count). The van der Waals surface area contributed by atoms with E-state index < -0.39 is 11.4 Å². The minimum atomic E-state index is -0.855. The van der Waals surface area contributed by atoms with E-state index in [1.807, 2.05) is 0 Å². The second-order valence-electron chi connectivity index (χ2n) is 7.17. The number of hydrogen-bond acceptors (Lipinski definition) is 3. The normalized spacial score (nSPS) is 19.0. The minimum absolute atomic E-state index is 0.00964. The van der Waals surface area contributed by atoms with Gasteiger partial charge in [-0.2, -0.15) is 0 Å². The number of carboxylic acid groups (broad SMARTS) is 1. The highest BCUT2D eigenvalue weighted by Gasteiger charge is 2.39. The Morgan fingerprint density at radius 3 is 2.48 bits per heavy atom. The maximum absolute atomic E-state index is 12.4. The van der Waals surface area contributed by atoms with Crippen LogP contribution in [-0.4, -0.2) is 29.4 Å². The van der Waals surface area contributed by atoms with Gasteiger partial charge in [0, 0.05) is 23.7 Å². The lowest BCUT2D eigenvalue weighted by Gasteiger charge is -2.33. The molecule has 0 atom stereocenters. The number of nitrogens with one attached hydrogen (secondary N) is 2. The summed E-state index contributed by atoms with van der Waals surface area (Å²) in [5, 5.41) is 15.2. The number of anilines is 1. The summed E-state index contributed by atoms with van der Waals surface area (Å²) in [7, 11) is 0. The summed E-state index contributed by atoms with van der Waals surface area (Å²) in [5.41, 5.74) is 0.159. The number of carboxylic acids is 1. The molecule has 2 amide bonds. The predicted octanol–water partition coefficient (Wildman–Crippen LogP) is 2.80. The summed E-state index contributed by atoms with van der Waals surface area (Å²) < 4.78 is 0. The van der Waals surface area contributed by atoms with Crippen LogP contribution in [0.2, 0.25) is 0 Å². The van der Waals surface area contributed by atoms with E-state index in [1.54, 1.807) is 24.3 Å². The van der Waals surface area contributed by atoms with Crippen LogP contribution in [0.15, 0.2) is 24.3 Å². The summed E-state index contributed by atoms with van der Waals surface area (Å²) in [4.78, 5) is 35.9. The third-order valence-electron chi connectivity index (χ3n) is 5.19. The first-order chi connectivity index (χ1) is 12.0. The Kier molecular flexibility index (Phi) is 5.06. The monoisotopic (exact) mass is 344 g/mol. The van der Waals surface area contributed by atoms with E-state index in [4.69, 9.17) is 0 Å². The number of hydrogen-bond donors (Lipinski definition) is 3. The lowest BCUT2D eigenvalue weighted by atomic mass is 9.74. The number of carbonyl (C=O) groups is 3. The molecule has 2 fully saturated rings. The number of aliphatic carboxylic acids is 1.